The number of amides is 2. The first-order valence-electron chi connectivity index (χ1n) is 12.7. The molecule has 4 atom stereocenters. The van der Waals surface area contributed by atoms with Gasteiger partial charge in [-0.25, -0.2) is 0 Å². The number of methoxy groups -OCH3 is 1. The summed E-state index contributed by atoms with van der Waals surface area (Å²) < 4.78 is 11.8. The number of ether oxygens (including phenoxy) is 2. The normalized spacial score (nSPS) is 26.5. The highest BCUT2D eigenvalue weighted by Gasteiger charge is 2.56. The lowest BCUT2D eigenvalue weighted by Crippen LogP contribution is -2.35. The quantitative estimate of drug-likeness (QED) is 0.344. The van der Waals surface area contributed by atoms with Crippen LogP contribution in [-0.4, -0.2) is 54.8 Å². The zero-order chi connectivity index (χ0) is 25.1. The molecule has 1 aliphatic carbocycles. The molecule has 0 aromatic heterocycles. The van der Waals surface area contributed by atoms with Crippen molar-refractivity contribution in [2.24, 2.45) is 17.8 Å². The van der Waals surface area contributed by atoms with Crippen molar-refractivity contribution in [3.63, 3.8) is 0 Å². The second kappa shape index (κ2) is 11.3. The molecule has 2 saturated heterocycles. The molecule has 2 aliphatic heterocycles. The predicted octanol–water partition coefficient (Wildman–Crippen LogP) is 5.38. The van der Waals surface area contributed by atoms with Gasteiger partial charge in [0.05, 0.1) is 36.2 Å². The van der Waals surface area contributed by atoms with Crippen molar-refractivity contribution >= 4 is 29.5 Å². The predicted molar refractivity (Wildman–Crippen MR) is 136 cm³/mol. The van der Waals surface area contributed by atoms with Gasteiger partial charge in [-0.3, -0.25) is 14.5 Å². The van der Waals surface area contributed by atoms with Crippen LogP contribution in [0.1, 0.15) is 57.9 Å². The lowest BCUT2D eigenvalue weighted by atomic mass is 9.69. The number of likely N-dealkylation sites (tertiary alicyclic amines) is 1. The van der Waals surface area contributed by atoms with Gasteiger partial charge in [-0.15, -0.1) is 0 Å². The molecule has 1 aromatic carbocycles. The maximum Gasteiger partial charge on any atom is 0.233 e. The van der Waals surface area contributed by atoms with Gasteiger partial charge in [-0.2, -0.15) is 0 Å². The Morgan fingerprint density at radius 1 is 1.20 bits per heavy atom. The summed E-state index contributed by atoms with van der Waals surface area (Å²) in [5.74, 6) is -0.554. The largest absolute Gasteiger partial charge is 0.508 e. The van der Waals surface area contributed by atoms with Crippen LogP contribution in [0.3, 0.4) is 0 Å². The molecule has 0 spiro atoms. The monoisotopic (exact) mass is 501 g/mol. The number of phenolic OH excluding ortho intramolecular Hbond substituents is 1. The highest BCUT2D eigenvalue weighted by molar-refractivity contribution is 6.32. The number of allylic oxidation sites excluding steroid dienone is 1. The van der Waals surface area contributed by atoms with Crippen molar-refractivity contribution in [3.8, 4) is 5.75 Å². The minimum atomic E-state index is -0.309. The minimum absolute atomic E-state index is 0.0291. The highest BCUT2D eigenvalue weighted by Crippen LogP contribution is 2.50. The summed E-state index contributed by atoms with van der Waals surface area (Å²) >= 11 is 6.34. The van der Waals surface area contributed by atoms with Crippen LogP contribution in [0.4, 0.5) is 0 Å². The third-order valence-electron chi connectivity index (χ3n) is 7.51. The molecule has 0 bridgehead atoms. The Kier molecular flexibility index (Phi) is 8.35. The average Bonchev–Trinajstić information content (AvgIpc) is 3.35. The first-order chi connectivity index (χ1) is 16.9. The fraction of sp³-hybridized carbons (Fsp3) is 0.571. The van der Waals surface area contributed by atoms with E-state index < -0.39 is 0 Å². The molecule has 0 saturated carbocycles. The number of phenols is 1. The molecule has 35 heavy (non-hydrogen) atoms. The Hall–Kier alpha value is -2.15. The lowest BCUT2D eigenvalue weighted by Gasteiger charge is -2.31. The number of benzene rings is 1. The number of imide groups is 1. The first kappa shape index (κ1) is 25.9. The smallest absolute Gasteiger partial charge is 0.233 e. The fourth-order valence-corrected chi connectivity index (χ4v) is 6.28. The van der Waals surface area contributed by atoms with E-state index in [0.29, 0.717) is 31.2 Å². The van der Waals surface area contributed by atoms with Crippen LogP contribution in [-0.2, 0) is 19.1 Å². The van der Waals surface area contributed by atoms with Crippen LogP contribution in [0.25, 0.3) is 6.08 Å². The summed E-state index contributed by atoms with van der Waals surface area (Å²) in [5.41, 5.74) is 4.48. The Balaban J connectivity index is 1.56. The van der Waals surface area contributed by atoms with Gasteiger partial charge >= 0.3 is 0 Å². The Labute approximate surface area is 212 Å². The lowest BCUT2D eigenvalue weighted by molar-refractivity contribution is -0.140. The average molecular weight is 502 g/mol. The number of fused-ring (bicyclic) bond motifs is 3. The standard InChI is InChI=1S/C28H36ClNO5/c1-4-6-17(12-18-8-9-20(31)14-23(18)29)7-10-24-25-19(15-34-3)13-21-26(22(25)16-35-24)28(33)30(11-5-2)27(21)32/h8-9,12,14,21-22,24,26,31H,4-7,10-11,13,15-16H2,1-3H3/b17-12+/t21-,22+,24-,26-/m1/s1. The van der Waals surface area contributed by atoms with Crippen LogP contribution in [0.2, 0.25) is 5.02 Å². The Morgan fingerprint density at radius 3 is 2.69 bits per heavy atom. The van der Waals surface area contributed by atoms with E-state index in [0.717, 1.165) is 43.2 Å². The highest BCUT2D eigenvalue weighted by atomic mass is 35.5. The van der Waals surface area contributed by atoms with Gasteiger partial charge in [0.1, 0.15) is 5.75 Å². The van der Waals surface area contributed by atoms with E-state index >= 15 is 0 Å². The zero-order valence-electron chi connectivity index (χ0n) is 20.9. The number of hydrogen-bond acceptors (Lipinski definition) is 5. The van der Waals surface area contributed by atoms with E-state index in [-0.39, 0.29) is 41.4 Å². The maximum atomic E-state index is 13.2. The molecule has 1 N–H and O–H groups in total. The number of aromatic hydroxyl groups is 1. The Morgan fingerprint density at radius 2 is 2.00 bits per heavy atom. The van der Waals surface area contributed by atoms with Gasteiger partial charge in [0.25, 0.3) is 0 Å². The van der Waals surface area contributed by atoms with Crippen LogP contribution >= 0.6 is 11.6 Å². The molecular formula is C28H36ClNO5. The van der Waals surface area contributed by atoms with Gasteiger partial charge < -0.3 is 14.6 Å². The number of rotatable bonds is 10. The van der Waals surface area contributed by atoms with E-state index in [4.69, 9.17) is 21.1 Å². The summed E-state index contributed by atoms with van der Waals surface area (Å²) in [6.07, 6.45) is 6.99. The minimum Gasteiger partial charge on any atom is -0.508 e. The number of halogens is 1. The van der Waals surface area contributed by atoms with E-state index in [1.54, 1.807) is 19.2 Å². The molecular weight excluding hydrogens is 466 g/mol. The number of carbonyl (C=O) groups is 2. The first-order valence-corrected chi connectivity index (χ1v) is 13.1. The van der Waals surface area contributed by atoms with Gasteiger partial charge in [-0.05, 0) is 67.0 Å². The SMILES string of the molecule is CCC/C(=C\c1ccc(O)cc1Cl)CC[C@H]1OC[C@H]2C1=C(COC)C[C@H]1C(=O)N(CCC)C(=O)[C@H]12. The Bertz CT molecular complexity index is 1030. The topological polar surface area (TPSA) is 76.1 Å². The van der Waals surface area contributed by atoms with E-state index in [9.17, 15) is 14.7 Å². The van der Waals surface area contributed by atoms with Crippen molar-refractivity contribution in [1.82, 2.24) is 4.90 Å². The second-order valence-electron chi connectivity index (χ2n) is 9.88. The molecule has 2 heterocycles. The van der Waals surface area contributed by atoms with Crippen LogP contribution in [0, 0.1) is 17.8 Å². The maximum absolute atomic E-state index is 13.2. The molecule has 2 amide bonds. The number of carbonyl (C=O) groups excluding carboxylic acids is 2. The van der Waals surface area contributed by atoms with Gasteiger partial charge in [0, 0.05) is 19.6 Å². The summed E-state index contributed by atoms with van der Waals surface area (Å²) in [7, 11) is 1.67. The van der Waals surface area contributed by atoms with E-state index in [1.165, 1.54) is 16.0 Å². The fourth-order valence-electron chi connectivity index (χ4n) is 6.05. The molecule has 190 valence electrons. The molecule has 0 unspecified atom stereocenters. The third-order valence-corrected chi connectivity index (χ3v) is 7.83. The van der Waals surface area contributed by atoms with Crippen LogP contribution < -0.4 is 0 Å². The van der Waals surface area contributed by atoms with Crippen LogP contribution in [0.5, 0.6) is 5.75 Å². The zero-order valence-corrected chi connectivity index (χ0v) is 21.6. The van der Waals surface area contributed by atoms with Crippen molar-refractivity contribution in [2.75, 3.05) is 26.9 Å². The van der Waals surface area contributed by atoms with Crippen molar-refractivity contribution in [1.29, 1.82) is 0 Å². The summed E-state index contributed by atoms with van der Waals surface area (Å²) in [6.45, 7) is 5.57. The van der Waals surface area contributed by atoms with Crippen molar-refractivity contribution < 1.29 is 24.2 Å². The molecule has 7 heteroatoms. The van der Waals surface area contributed by atoms with Crippen molar-refractivity contribution in [2.45, 2.75) is 58.5 Å². The van der Waals surface area contributed by atoms with Gasteiger partial charge in [-0.1, -0.05) is 43.5 Å². The second-order valence-corrected chi connectivity index (χ2v) is 10.3. The van der Waals surface area contributed by atoms with Crippen molar-refractivity contribution in [3.05, 3.63) is 45.5 Å². The third kappa shape index (κ3) is 5.20. The van der Waals surface area contributed by atoms with E-state index in [1.807, 2.05) is 13.0 Å². The van der Waals surface area contributed by atoms with Crippen LogP contribution in [0.15, 0.2) is 34.9 Å². The molecule has 1 aromatic rings. The van der Waals surface area contributed by atoms with Gasteiger partial charge in [0.15, 0.2) is 0 Å². The number of hydrogen-bond donors (Lipinski definition) is 1. The molecule has 4 rings (SSSR count). The summed E-state index contributed by atoms with van der Waals surface area (Å²) in [5, 5.41) is 10.2. The summed E-state index contributed by atoms with van der Waals surface area (Å²) in [6, 6.07) is 5.04. The molecule has 3 aliphatic rings. The molecule has 0 radical (unpaired) electrons. The van der Waals surface area contributed by atoms with Gasteiger partial charge in [0.2, 0.25) is 11.8 Å². The number of nitrogens with zero attached hydrogens (tertiary/aromatic N) is 1. The summed E-state index contributed by atoms with van der Waals surface area (Å²) in [4.78, 5) is 27.7. The molecule has 2 fully saturated rings. The van der Waals surface area contributed by atoms with E-state index in [2.05, 4.69) is 13.0 Å². The molecule has 6 nitrogen and oxygen atoms in total.